The average Bonchev–Trinajstić information content (AvgIpc) is 2.27. The van der Waals surface area contributed by atoms with Crippen LogP contribution in [0, 0.1) is 11.8 Å². The van der Waals surface area contributed by atoms with Crippen molar-refractivity contribution in [3.05, 3.63) is 29.3 Å². The lowest BCUT2D eigenvalue weighted by Gasteiger charge is -2.28. The topological polar surface area (TPSA) is 9.23 Å². The van der Waals surface area contributed by atoms with Crippen LogP contribution >= 0.6 is 0 Å². The first-order valence-electron chi connectivity index (χ1n) is 6.33. The molecule has 1 heterocycles. The molecule has 0 aliphatic carbocycles. The molecule has 0 fully saturated rings. The third-order valence-corrected chi connectivity index (χ3v) is 3.64. The van der Waals surface area contributed by atoms with Crippen molar-refractivity contribution in [1.29, 1.82) is 0 Å². The average molecular weight is 218 g/mol. The molecule has 2 rings (SSSR count). The molecule has 1 aliphatic rings. The van der Waals surface area contributed by atoms with Gasteiger partial charge in [0.2, 0.25) is 0 Å². The van der Waals surface area contributed by atoms with Crippen molar-refractivity contribution in [1.82, 2.24) is 0 Å². The first-order valence-corrected chi connectivity index (χ1v) is 6.33. The maximum absolute atomic E-state index is 5.89. The Morgan fingerprint density at radius 1 is 1.19 bits per heavy atom. The second-order valence-corrected chi connectivity index (χ2v) is 5.54. The number of benzene rings is 1. The van der Waals surface area contributed by atoms with Crippen molar-refractivity contribution in [2.45, 2.75) is 40.0 Å². The molecule has 1 aromatic rings. The van der Waals surface area contributed by atoms with E-state index in [9.17, 15) is 0 Å². The van der Waals surface area contributed by atoms with E-state index in [0.717, 1.165) is 12.4 Å². The molecule has 1 nitrogen and oxygen atoms in total. The summed E-state index contributed by atoms with van der Waals surface area (Å²) in [5.41, 5.74) is 2.76. The molecule has 1 aromatic carbocycles. The van der Waals surface area contributed by atoms with Crippen molar-refractivity contribution in [2.24, 2.45) is 11.8 Å². The van der Waals surface area contributed by atoms with Gasteiger partial charge in [0.05, 0.1) is 6.61 Å². The Morgan fingerprint density at radius 3 is 2.56 bits per heavy atom. The smallest absolute Gasteiger partial charge is 0.122 e. The lowest BCUT2D eigenvalue weighted by molar-refractivity contribution is 0.184. The van der Waals surface area contributed by atoms with Crippen LogP contribution < -0.4 is 4.74 Å². The first kappa shape index (κ1) is 11.5. The number of hydrogen-bond acceptors (Lipinski definition) is 1. The van der Waals surface area contributed by atoms with E-state index in [2.05, 4.69) is 45.9 Å². The van der Waals surface area contributed by atoms with E-state index in [0.29, 0.717) is 17.8 Å². The fourth-order valence-corrected chi connectivity index (χ4v) is 2.20. The predicted molar refractivity (Wildman–Crippen MR) is 68.1 cm³/mol. The minimum Gasteiger partial charge on any atom is -0.493 e. The van der Waals surface area contributed by atoms with Gasteiger partial charge in [-0.2, -0.15) is 0 Å². The molecule has 0 amide bonds. The van der Waals surface area contributed by atoms with Gasteiger partial charge in [0.1, 0.15) is 5.75 Å². The zero-order valence-corrected chi connectivity index (χ0v) is 10.8. The Hall–Kier alpha value is -0.980. The summed E-state index contributed by atoms with van der Waals surface area (Å²) in [5, 5.41) is 0. The van der Waals surface area contributed by atoms with Gasteiger partial charge in [-0.3, -0.25) is 0 Å². The summed E-state index contributed by atoms with van der Waals surface area (Å²) < 4.78 is 5.89. The quantitative estimate of drug-likeness (QED) is 0.728. The van der Waals surface area contributed by atoms with E-state index in [4.69, 9.17) is 4.74 Å². The minimum absolute atomic E-state index is 0.580. The lowest BCUT2D eigenvalue weighted by atomic mass is 9.87. The van der Waals surface area contributed by atoms with E-state index in [-0.39, 0.29) is 0 Å². The largest absolute Gasteiger partial charge is 0.493 e. The highest BCUT2D eigenvalue weighted by Crippen LogP contribution is 2.32. The number of fused-ring (bicyclic) bond motifs is 1. The van der Waals surface area contributed by atoms with Crippen LogP contribution in [0.2, 0.25) is 0 Å². The van der Waals surface area contributed by atoms with Crippen molar-refractivity contribution >= 4 is 0 Å². The van der Waals surface area contributed by atoms with Crippen LogP contribution in [0.1, 0.15) is 44.7 Å². The zero-order valence-electron chi connectivity index (χ0n) is 10.8. The van der Waals surface area contributed by atoms with Crippen LogP contribution in [0.15, 0.2) is 18.2 Å². The van der Waals surface area contributed by atoms with Crippen LogP contribution in [-0.2, 0) is 6.42 Å². The van der Waals surface area contributed by atoms with Crippen molar-refractivity contribution in [2.75, 3.05) is 6.61 Å². The summed E-state index contributed by atoms with van der Waals surface area (Å²) in [4.78, 5) is 0. The molecule has 0 spiro atoms. The second-order valence-electron chi connectivity index (χ2n) is 5.54. The summed E-state index contributed by atoms with van der Waals surface area (Å²) in [5.74, 6) is 3.08. The summed E-state index contributed by atoms with van der Waals surface area (Å²) in [6, 6.07) is 6.71. The van der Waals surface area contributed by atoms with Crippen molar-refractivity contribution in [3.8, 4) is 5.75 Å². The van der Waals surface area contributed by atoms with Crippen molar-refractivity contribution in [3.63, 3.8) is 0 Å². The van der Waals surface area contributed by atoms with Crippen molar-refractivity contribution < 1.29 is 4.74 Å². The van der Waals surface area contributed by atoms with Gasteiger partial charge in [-0.05, 0) is 41.4 Å². The molecule has 16 heavy (non-hydrogen) atoms. The van der Waals surface area contributed by atoms with Gasteiger partial charge in [-0.15, -0.1) is 0 Å². The SMILES string of the molecule is CC(C)c1ccc2c(c1)OCC(C(C)C)C2. The normalized spacial score (nSPS) is 19.8. The molecular formula is C15H22O. The Balaban J connectivity index is 2.22. The highest BCUT2D eigenvalue weighted by atomic mass is 16.5. The highest BCUT2D eigenvalue weighted by molar-refractivity contribution is 5.40. The maximum atomic E-state index is 5.89. The van der Waals surface area contributed by atoms with Gasteiger partial charge in [-0.25, -0.2) is 0 Å². The maximum Gasteiger partial charge on any atom is 0.122 e. The lowest BCUT2D eigenvalue weighted by Crippen LogP contribution is -2.25. The number of ether oxygens (including phenoxy) is 1. The summed E-state index contributed by atoms with van der Waals surface area (Å²) >= 11 is 0. The van der Waals surface area contributed by atoms with Crippen LogP contribution in [0.25, 0.3) is 0 Å². The molecule has 1 heteroatoms. The van der Waals surface area contributed by atoms with Gasteiger partial charge in [0.15, 0.2) is 0 Å². The van der Waals surface area contributed by atoms with Gasteiger partial charge >= 0.3 is 0 Å². The summed E-state index contributed by atoms with van der Waals surface area (Å²) in [7, 11) is 0. The predicted octanol–water partition coefficient (Wildman–Crippen LogP) is 4.02. The molecule has 1 unspecified atom stereocenters. The molecule has 1 atom stereocenters. The third-order valence-electron chi connectivity index (χ3n) is 3.64. The third kappa shape index (κ3) is 2.23. The van der Waals surface area contributed by atoms with E-state index in [1.54, 1.807) is 0 Å². The molecule has 0 saturated heterocycles. The molecule has 88 valence electrons. The molecule has 0 N–H and O–H groups in total. The van der Waals surface area contributed by atoms with Crippen LogP contribution in [0.4, 0.5) is 0 Å². The number of hydrogen-bond donors (Lipinski definition) is 0. The Labute approximate surface area is 98.8 Å². The Kier molecular flexibility index (Phi) is 3.22. The van der Waals surface area contributed by atoms with E-state index >= 15 is 0 Å². The van der Waals surface area contributed by atoms with E-state index < -0.39 is 0 Å². The molecule has 0 bridgehead atoms. The van der Waals surface area contributed by atoms with Gasteiger partial charge in [-0.1, -0.05) is 39.8 Å². The molecule has 0 aromatic heterocycles. The van der Waals surface area contributed by atoms with Gasteiger partial charge in [0, 0.05) is 0 Å². The van der Waals surface area contributed by atoms with E-state index in [1.165, 1.54) is 17.5 Å². The van der Waals surface area contributed by atoms with Gasteiger partial charge in [0.25, 0.3) is 0 Å². The standard InChI is InChI=1S/C15H22O/c1-10(2)12-5-6-13-7-14(11(3)4)9-16-15(13)8-12/h5-6,8,10-11,14H,7,9H2,1-4H3. The first-order chi connectivity index (χ1) is 7.58. The van der Waals surface area contributed by atoms with Crippen LogP contribution in [0.3, 0.4) is 0 Å². The molecule has 0 saturated carbocycles. The summed E-state index contributed by atoms with van der Waals surface area (Å²) in [6.07, 6.45) is 1.17. The highest BCUT2D eigenvalue weighted by Gasteiger charge is 2.22. The second kappa shape index (κ2) is 4.48. The van der Waals surface area contributed by atoms with Crippen LogP contribution in [-0.4, -0.2) is 6.61 Å². The minimum atomic E-state index is 0.580. The van der Waals surface area contributed by atoms with E-state index in [1.807, 2.05) is 0 Å². The fourth-order valence-electron chi connectivity index (χ4n) is 2.20. The Bertz CT molecular complexity index is 366. The monoisotopic (exact) mass is 218 g/mol. The molecule has 1 aliphatic heterocycles. The van der Waals surface area contributed by atoms with Gasteiger partial charge < -0.3 is 4.74 Å². The van der Waals surface area contributed by atoms with Crippen LogP contribution in [0.5, 0.6) is 5.75 Å². The fraction of sp³-hybridized carbons (Fsp3) is 0.600. The summed E-state index contributed by atoms with van der Waals surface area (Å²) in [6.45, 7) is 9.89. The zero-order chi connectivity index (χ0) is 11.7. The molecule has 0 radical (unpaired) electrons. The Morgan fingerprint density at radius 2 is 1.94 bits per heavy atom. The number of rotatable bonds is 2. The molecular weight excluding hydrogens is 196 g/mol.